The van der Waals surface area contributed by atoms with Gasteiger partial charge >= 0.3 is 0 Å². The van der Waals surface area contributed by atoms with Crippen LogP contribution in [0.1, 0.15) is 18.2 Å². The first kappa shape index (κ1) is 15.3. The second kappa shape index (κ2) is 6.35. The molecule has 0 aliphatic carbocycles. The highest BCUT2D eigenvalue weighted by Gasteiger charge is 2.35. The Labute approximate surface area is 144 Å². The molecule has 7 nitrogen and oxygen atoms in total. The molecule has 126 valence electrons. The normalized spacial score (nSPS) is 17.1. The summed E-state index contributed by atoms with van der Waals surface area (Å²) in [6.07, 6.45) is 3.70. The molecule has 3 aromatic rings. The number of amides is 1. The maximum absolute atomic E-state index is 12.4. The van der Waals surface area contributed by atoms with E-state index < -0.39 is 0 Å². The lowest BCUT2D eigenvalue weighted by molar-refractivity contribution is -0.117. The molecule has 25 heavy (non-hydrogen) atoms. The van der Waals surface area contributed by atoms with E-state index in [9.17, 15) is 4.79 Å². The number of carbonyl (C=O) groups excluding carboxylic acids is 1. The highest BCUT2D eigenvalue weighted by molar-refractivity contribution is 5.96. The first-order valence-corrected chi connectivity index (χ1v) is 7.93. The molecule has 1 aliphatic heterocycles. The van der Waals surface area contributed by atoms with Crippen molar-refractivity contribution in [3.8, 4) is 17.1 Å². The van der Waals surface area contributed by atoms with Crippen LogP contribution in [0.25, 0.3) is 11.4 Å². The number of benzene rings is 1. The molecule has 0 N–H and O–H groups in total. The zero-order valence-corrected chi connectivity index (χ0v) is 13.6. The summed E-state index contributed by atoms with van der Waals surface area (Å²) in [5, 5.41) is 4.02. The minimum Gasteiger partial charge on any atom is -0.497 e. The quantitative estimate of drug-likeness (QED) is 0.728. The van der Waals surface area contributed by atoms with Crippen molar-refractivity contribution in [3.05, 3.63) is 54.7 Å². The molecule has 1 atom stereocenters. The zero-order chi connectivity index (χ0) is 17.2. The topological polar surface area (TPSA) is 81.3 Å². The second-order valence-electron chi connectivity index (χ2n) is 5.80. The molecule has 0 radical (unpaired) electrons. The fraction of sp³-hybridized carbons (Fsp3) is 0.222. The van der Waals surface area contributed by atoms with E-state index in [-0.39, 0.29) is 11.8 Å². The van der Waals surface area contributed by atoms with E-state index in [0.29, 0.717) is 24.7 Å². The SMILES string of the molecule is COc1ccc(N2CC(c3nc(-c4ccncc4)no3)CC2=O)cc1. The average Bonchev–Trinajstić information content (AvgIpc) is 3.29. The molecule has 1 amide bonds. The van der Waals surface area contributed by atoms with Crippen molar-refractivity contribution in [3.63, 3.8) is 0 Å². The number of hydrogen-bond acceptors (Lipinski definition) is 6. The monoisotopic (exact) mass is 336 g/mol. The second-order valence-corrected chi connectivity index (χ2v) is 5.80. The zero-order valence-electron chi connectivity index (χ0n) is 13.6. The molecule has 7 heteroatoms. The minimum atomic E-state index is -0.113. The summed E-state index contributed by atoms with van der Waals surface area (Å²) >= 11 is 0. The van der Waals surface area contributed by atoms with Gasteiger partial charge in [0, 0.05) is 36.6 Å². The third-order valence-electron chi connectivity index (χ3n) is 4.24. The maximum atomic E-state index is 12.4. The van der Waals surface area contributed by atoms with Crippen LogP contribution in [0.3, 0.4) is 0 Å². The summed E-state index contributed by atoms with van der Waals surface area (Å²) in [6, 6.07) is 11.1. The van der Waals surface area contributed by atoms with E-state index in [4.69, 9.17) is 9.26 Å². The molecule has 1 fully saturated rings. The fourth-order valence-corrected chi connectivity index (χ4v) is 2.90. The van der Waals surface area contributed by atoms with Gasteiger partial charge in [-0.05, 0) is 36.4 Å². The lowest BCUT2D eigenvalue weighted by atomic mass is 10.1. The highest BCUT2D eigenvalue weighted by atomic mass is 16.5. The lowest BCUT2D eigenvalue weighted by Gasteiger charge is -2.16. The molecule has 3 heterocycles. The third-order valence-corrected chi connectivity index (χ3v) is 4.24. The molecule has 0 bridgehead atoms. The van der Waals surface area contributed by atoms with Crippen LogP contribution < -0.4 is 9.64 Å². The smallest absolute Gasteiger partial charge is 0.232 e. The van der Waals surface area contributed by atoms with Gasteiger partial charge in [0.1, 0.15) is 5.75 Å². The van der Waals surface area contributed by atoms with Crippen molar-refractivity contribution in [1.29, 1.82) is 0 Å². The lowest BCUT2D eigenvalue weighted by Crippen LogP contribution is -2.24. The summed E-state index contributed by atoms with van der Waals surface area (Å²) < 4.78 is 10.5. The summed E-state index contributed by atoms with van der Waals surface area (Å²) in [5.74, 6) is 1.67. The molecule has 1 unspecified atom stereocenters. The Balaban J connectivity index is 1.53. The standard InChI is InChI=1S/C18H16N4O3/c1-24-15-4-2-14(3-5-15)22-11-13(10-16(22)23)18-20-17(21-25-18)12-6-8-19-9-7-12/h2-9,13H,10-11H2,1H3. The van der Waals surface area contributed by atoms with Gasteiger partial charge in [-0.2, -0.15) is 4.98 Å². The van der Waals surface area contributed by atoms with Crippen molar-refractivity contribution < 1.29 is 14.1 Å². The number of anilines is 1. The number of methoxy groups -OCH3 is 1. The summed E-state index contributed by atoms with van der Waals surface area (Å²) in [5.41, 5.74) is 1.67. The van der Waals surface area contributed by atoms with Crippen molar-refractivity contribution in [2.75, 3.05) is 18.6 Å². The fourth-order valence-electron chi connectivity index (χ4n) is 2.90. The van der Waals surface area contributed by atoms with E-state index in [2.05, 4.69) is 15.1 Å². The maximum Gasteiger partial charge on any atom is 0.232 e. The Hall–Kier alpha value is -3.22. The van der Waals surface area contributed by atoms with E-state index >= 15 is 0 Å². The molecule has 4 rings (SSSR count). The van der Waals surface area contributed by atoms with Crippen LogP contribution in [0.15, 0.2) is 53.3 Å². The summed E-state index contributed by atoms with van der Waals surface area (Å²) in [7, 11) is 1.61. The summed E-state index contributed by atoms with van der Waals surface area (Å²) in [6.45, 7) is 0.517. The number of aromatic nitrogens is 3. The number of hydrogen-bond donors (Lipinski definition) is 0. The molecule has 1 saturated heterocycles. The van der Waals surface area contributed by atoms with Crippen LogP contribution in [0.5, 0.6) is 5.75 Å². The van der Waals surface area contributed by atoms with Crippen molar-refractivity contribution in [2.24, 2.45) is 0 Å². The number of ether oxygens (including phenoxy) is 1. The minimum absolute atomic E-state index is 0.0406. The Kier molecular flexibility index (Phi) is 3.89. The Morgan fingerprint density at radius 3 is 2.64 bits per heavy atom. The average molecular weight is 336 g/mol. The number of nitrogens with zero attached hydrogens (tertiary/aromatic N) is 4. The van der Waals surface area contributed by atoms with Gasteiger partial charge in [0.2, 0.25) is 17.6 Å². The van der Waals surface area contributed by atoms with Gasteiger partial charge in [-0.3, -0.25) is 9.78 Å². The van der Waals surface area contributed by atoms with Crippen molar-refractivity contribution in [1.82, 2.24) is 15.1 Å². The largest absolute Gasteiger partial charge is 0.497 e. The number of carbonyl (C=O) groups is 1. The number of pyridine rings is 1. The van der Waals surface area contributed by atoms with Crippen LogP contribution in [0.2, 0.25) is 0 Å². The van der Waals surface area contributed by atoms with Crippen LogP contribution in [0, 0.1) is 0 Å². The van der Waals surface area contributed by atoms with E-state index in [1.54, 1.807) is 24.4 Å². The van der Waals surface area contributed by atoms with Gasteiger partial charge in [0.15, 0.2) is 0 Å². The van der Waals surface area contributed by atoms with E-state index in [1.807, 2.05) is 36.4 Å². The first-order valence-electron chi connectivity index (χ1n) is 7.93. The molecular weight excluding hydrogens is 320 g/mol. The molecule has 0 spiro atoms. The third kappa shape index (κ3) is 2.96. The predicted molar refractivity (Wildman–Crippen MR) is 90.2 cm³/mol. The molecule has 1 aliphatic rings. The van der Waals surface area contributed by atoms with Crippen molar-refractivity contribution >= 4 is 11.6 Å². The van der Waals surface area contributed by atoms with Gasteiger partial charge in [0.25, 0.3) is 0 Å². The van der Waals surface area contributed by atoms with E-state index in [1.165, 1.54) is 0 Å². The van der Waals surface area contributed by atoms with Gasteiger partial charge in [-0.1, -0.05) is 5.16 Å². The molecule has 0 saturated carbocycles. The summed E-state index contributed by atoms with van der Waals surface area (Å²) in [4.78, 5) is 22.5. The Bertz CT molecular complexity index is 877. The van der Waals surface area contributed by atoms with Crippen LogP contribution >= 0.6 is 0 Å². The van der Waals surface area contributed by atoms with Crippen molar-refractivity contribution in [2.45, 2.75) is 12.3 Å². The number of rotatable bonds is 4. The Morgan fingerprint density at radius 1 is 1.16 bits per heavy atom. The van der Waals surface area contributed by atoms with E-state index in [0.717, 1.165) is 17.0 Å². The first-order chi connectivity index (χ1) is 12.2. The van der Waals surface area contributed by atoms with Crippen LogP contribution in [-0.2, 0) is 4.79 Å². The molecular formula is C18H16N4O3. The van der Waals surface area contributed by atoms with Gasteiger partial charge in [0.05, 0.1) is 13.0 Å². The van der Waals surface area contributed by atoms with Crippen LogP contribution in [0.4, 0.5) is 5.69 Å². The van der Waals surface area contributed by atoms with Crippen LogP contribution in [-0.4, -0.2) is 34.7 Å². The molecule has 2 aromatic heterocycles. The molecule has 1 aromatic carbocycles. The van der Waals surface area contributed by atoms with Gasteiger partial charge < -0.3 is 14.2 Å². The Morgan fingerprint density at radius 2 is 1.92 bits per heavy atom. The predicted octanol–water partition coefficient (Wildman–Crippen LogP) is 2.66. The van der Waals surface area contributed by atoms with Gasteiger partial charge in [-0.15, -0.1) is 0 Å². The van der Waals surface area contributed by atoms with Gasteiger partial charge in [-0.25, -0.2) is 0 Å². The highest BCUT2D eigenvalue weighted by Crippen LogP contribution is 2.32.